The first-order valence-corrected chi connectivity index (χ1v) is 9.42. The van der Waals surface area contributed by atoms with Crippen LogP contribution in [0.5, 0.6) is 0 Å². The molecular weight excluding hydrogens is 380 g/mol. The third-order valence-electron chi connectivity index (χ3n) is 4.64. The monoisotopic (exact) mass is 400 g/mol. The molecule has 2 atom stereocenters. The average Bonchev–Trinajstić information content (AvgIpc) is 2.92. The Morgan fingerprint density at radius 3 is 2.81 bits per heavy atom. The minimum Gasteiger partial charge on any atom is -0.378 e. The number of halogens is 4. The number of alkyl halides is 4. The molecule has 1 aromatic heterocycles. The Morgan fingerprint density at radius 1 is 1.37 bits per heavy atom. The minimum atomic E-state index is -4.36. The van der Waals surface area contributed by atoms with Crippen LogP contribution in [-0.2, 0) is 11.2 Å². The van der Waals surface area contributed by atoms with Crippen LogP contribution in [0.1, 0.15) is 16.9 Å². The van der Waals surface area contributed by atoms with E-state index in [0.717, 1.165) is 6.54 Å². The summed E-state index contributed by atoms with van der Waals surface area (Å²) in [6.07, 6.45) is -2.75. The highest BCUT2D eigenvalue weighted by atomic mass is 32.1. The van der Waals surface area contributed by atoms with Gasteiger partial charge in [0.05, 0.1) is 22.8 Å². The molecule has 1 aromatic carbocycles. The maximum Gasteiger partial charge on any atom is 0.393 e. The van der Waals surface area contributed by atoms with Crippen LogP contribution in [0, 0.1) is 0 Å². The van der Waals surface area contributed by atoms with Gasteiger partial charge in [0.1, 0.15) is 12.5 Å². The van der Waals surface area contributed by atoms with Crippen molar-refractivity contribution in [1.29, 1.82) is 0 Å². The lowest BCUT2D eigenvalue weighted by atomic mass is 10.0. The average molecular weight is 400 g/mol. The zero-order valence-electron chi connectivity index (χ0n) is 14.7. The van der Waals surface area contributed by atoms with E-state index in [1.807, 2.05) is 11.9 Å². The van der Waals surface area contributed by atoms with E-state index in [1.54, 1.807) is 18.2 Å². The summed E-state index contributed by atoms with van der Waals surface area (Å²) in [6.45, 7) is 1.08. The molecule has 2 aromatic rings. The van der Waals surface area contributed by atoms with Gasteiger partial charge >= 0.3 is 6.18 Å². The molecule has 0 unspecified atom stereocenters. The lowest BCUT2D eigenvalue weighted by Crippen LogP contribution is -2.46. The van der Waals surface area contributed by atoms with Crippen molar-refractivity contribution in [1.82, 2.24) is 4.90 Å². The van der Waals surface area contributed by atoms with Gasteiger partial charge in [0.15, 0.2) is 0 Å². The second-order valence-electron chi connectivity index (χ2n) is 6.73. The molecule has 2 heterocycles. The van der Waals surface area contributed by atoms with Crippen LogP contribution < -0.4 is 5.32 Å². The first-order valence-electron chi connectivity index (χ1n) is 8.60. The summed E-state index contributed by atoms with van der Waals surface area (Å²) in [7, 11) is 1.86. The van der Waals surface area contributed by atoms with Crippen LogP contribution in [0.15, 0.2) is 24.3 Å². The fourth-order valence-corrected chi connectivity index (χ4v) is 4.58. The number of carbonyl (C=O) groups excluding carboxylic acids is 1. The topological polar surface area (TPSA) is 32.3 Å². The maximum atomic E-state index is 14.4. The van der Waals surface area contributed by atoms with E-state index >= 15 is 0 Å². The van der Waals surface area contributed by atoms with E-state index < -0.39 is 18.8 Å². The largest absolute Gasteiger partial charge is 0.393 e. The van der Waals surface area contributed by atoms with Gasteiger partial charge in [-0.05, 0) is 42.6 Å². The first kappa shape index (κ1) is 19.8. The Hall–Kier alpha value is -1.93. The Labute approximate surface area is 158 Å². The number of rotatable bonds is 5. The van der Waals surface area contributed by atoms with Gasteiger partial charge in [0.25, 0.3) is 0 Å². The van der Waals surface area contributed by atoms with Crippen molar-refractivity contribution in [2.45, 2.75) is 31.2 Å². The van der Waals surface area contributed by atoms with Gasteiger partial charge in [0.2, 0.25) is 0 Å². The van der Waals surface area contributed by atoms with Crippen molar-refractivity contribution >= 4 is 39.5 Å². The Balaban J connectivity index is 2.00. The maximum absolute atomic E-state index is 14.4. The predicted octanol–water partition coefficient (Wildman–Crippen LogP) is 4.67. The van der Waals surface area contributed by atoms with E-state index in [-0.39, 0.29) is 11.6 Å². The summed E-state index contributed by atoms with van der Waals surface area (Å²) in [6, 6.07) is 4.69. The van der Waals surface area contributed by atoms with Gasteiger partial charge < -0.3 is 10.2 Å². The number of nitrogens with one attached hydrogen (secondary N) is 1. The number of piperidine rings is 1. The molecule has 1 aliphatic heterocycles. The number of fused-ring (bicyclic) bond motifs is 1. The van der Waals surface area contributed by atoms with Crippen LogP contribution in [0.25, 0.3) is 16.2 Å². The number of carbonyl (C=O) groups is 1. The van der Waals surface area contributed by atoms with E-state index in [9.17, 15) is 22.4 Å². The fourth-order valence-electron chi connectivity index (χ4n) is 3.37. The lowest BCUT2D eigenvalue weighted by Gasteiger charge is -2.33. The molecule has 3 rings (SSSR count). The molecule has 1 fully saturated rings. The molecule has 3 nitrogen and oxygen atoms in total. The van der Waals surface area contributed by atoms with Gasteiger partial charge in [-0.1, -0.05) is 12.1 Å². The van der Waals surface area contributed by atoms with Crippen molar-refractivity contribution < 1.29 is 22.4 Å². The molecule has 0 bridgehead atoms. The normalized spacial score (nSPS) is 21.8. The molecule has 0 amide bonds. The van der Waals surface area contributed by atoms with Crippen molar-refractivity contribution in [2.75, 3.05) is 25.5 Å². The second kappa shape index (κ2) is 7.98. The SMILES string of the molecule is CN1CC[C@@H](Nc2cccc3c(CC(F)(F)F)c(/C=C/C=O)sc23)[C@@H](F)C1. The quantitative estimate of drug-likeness (QED) is 0.450. The van der Waals surface area contributed by atoms with Crippen molar-refractivity contribution in [3.63, 3.8) is 0 Å². The van der Waals surface area contributed by atoms with Crippen molar-refractivity contribution in [3.8, 4) is 0 Å². The van der Waals surface area contributed by atoms with Crippen molar-refractivity contribution in [2.24, 2.45) is 0 Å². The number of allylic oxidation sites excluding steroid dienone is 1. The van der Waals surface area contributed by atoms with E-state index in [0.29, 0.717) is 39.9 Å². The number of likely N-dealkylation sites (tertiary alicyclic amines) is 1. The molecule has 27 heavy (non-hydrogen) atoms. The van der Waals surface area contributed by atoms with Gasteiger partial charge in [-0.2, -0.15) is 13.2 Å². The fraction of sp³-hybridized carbons (Fsp3) is 0.421. The van der Waals surface area contributed by atoms with Gasteiger partial charge in [-0.3, -0.25) is 4.79 Å². The van der Waals surface area contributed by atoms with Crippen LogP contribution in [0.3, 0.4) is 0 Å². The van der Waals surface area contributed by atoms with Gasteiger partial charge in [-0.15, -0.1) is 11.3 Å². The van der Waals surface area contributed by atoms with Crippen molar-refractivity contribution in [3.05, 3.63) is 34.7 Å². The van der Waals surface area contributed by atoms with E-state index in [1.165, 1.54) is 23.5 Å². The number of nitrogens with zero attached hydrogens (tertiary/aromatic N) is 1. The first-order chi connectivity index (χ1) is 12.8. The molecule has 1 saturated heterocycles. The van der Waals surface area contributed by atoms with Gasteiger partial charge in [-0.25, -0.2) is 4.39 Å². The predicted molar refractivity (Wildman–Crippen MR) is 101 cm³/mol. The van der Waals surface area contributed by atoms with Crippen LogP contribution in [0.4, 0.5) is 23.2 Å². The van der Waals surface area contributed by atoms with Gasteiger partial charge in [0, 0.05) is 18.0 Å². The Bertz CT molecular complexity index is 846. The number of aldehydes is 1. The smallest absolute Gasteiger partial charge is 0.378 e. The summed E-state index contributed by atoms with van der Waals surface area (Å²) in [4.78, 5) is 12.9. The van der Waals surface area contributed by atoms with Crippen LogP contribution >= 0.6 is 11.3 Å². The standard InChI is InChI=1S/C19H20F4N2OS/c1-25-8-7-15(14(20)11-25)24-16-5-2-4-12-13(10-19(21,22)23)17(6-3-9-26)27-18(12)16/h2-6,9,14-15,24H,7-8,10-11H2,1H3/b6-3+/t14-,15+/m0/s1. The molecule has 146 valence electrons. The summed E-state index contributed by atoms with van der Waals surface area (Å²) in [5.74, 6) is 0. The summed E-state index contributed by atoms with van der Waals surface area (Å²) >= 11 is 1.18. The molecule has 8 heteroatoms. The number of anilines is 1. The highest BCUT2D eigenvalue weighted by Gasteiger charge is 2.32. The highest BCUT2D eigenvalue weighted by molar-refractivity contribution is 7.20. The van der Waals surface area contributed by atoms with E-state index in [2.05, 4.69) is 5.32 Å². The van der Waals surface area contributed by atoms with E-state index in [4.69, 9.17) is 0 Å². The number of benzene rings is 1. The zero-order valence-corrected chi connectivity index (χ0v) is 15.5. The number of thiophene rings is 1. The molecule has 0 aliphatic carbocycles. The molecule has 1 aliphatic rings. The van der Waals surface area contributed by atoms with Crippen LogP contribution in [0.2, 0.25) is 0 Å². The summed E-state index contributed by atoms with van der Waals surface area (Å²) in [5, 5.41) is 3.67. The number of hydrogen-bond acceptors (Lipinski definition) is 4. The molecule has 0 radical (unpaired) electrons. The highest BCUT2D eigenvalue weighted by Crippen LogP contribution is 2.40. The molecule has 0 spiro atoms. The summed E-state index contributed by atoms with van der Waals surface area (Å²) < 4.78 is 54.2. The molecule has 0 saturated carbocycles. The molecule has 1 N–H and O–H groups in total. The molecular formula is C19H20F4N2OS. The Morgan fingerprint density at radius 2 is 2.15 bits per heavy atom. The van der Waals surface area contributed by atoms with Crippen LogP contribution in [-0.4, -0.2) is 49.7 Å². The third kappa shape index (κ3) is 4.68. The summed E-state index contributed by atoms with van der Waals surface area (Å²) in [5.41, 5.74) is 0.772. The second-order valence-corrected chi connectivity index (χ2v) is 7.78. The minimum absolute atomic E-state index is 0.143. The zero-order chi connectivity index (χ0) is 19.6. The number of hydrogen-bond donors (Lipinski definition) is 1. The third-order valence-corrected chi connectivity index (χ3v) is 5.88. The lowest BCUT2D eigenvalue weighted by molar-refractivity contribution is -0.127. The Kier molecular flexibility index (Phi) is 5.86.